The smallest absolute Gasteiger partial charge is 0.296 e. The number of nitrogens with zero attached hydrogens (tertiary/aromatic N) is 8. The van der Waals surface area contributed by atoms with E-state index < -0.39 is 23.9 Å². The van der Waals surface area contributed by atoms with E-state index in [0.29, 0.717) is 43.0 Å². The van der Waals surface area contributed by atoms with Crippen molar-refractivity contribution in [3.63, 3.8) is 0 Å². The van der Waals surface area contributed by atoms with E-state index in [-0.39, 0.29) is 11.9 Å². The Morgan fingerprint density at radius 1 is 0.979 bits per heavy atom. The van der Waals surface area contributed by atoms with Gasteiger partial charge >= 0.3 is 0 Å². The van der Waals surface area contributed by atoms with E-state index in [9.17, 15) is 8.78 Å². The van der Waals surface area contributed by atoms with Gasteiger partial charge in [-0.05, 0) is 68.3 Å². The number of ether oxygens (including phenoxy) is 1. The zero-order valence-electron chi connectivity index (χ0n) is 27.4. The lowest BCUT2D eigenvalue weighted by atomic mass is 9.89. The summed E-state index contributed by atoms with van der Waals surface area (Å²) < 4.78 is 36.0. The van der Waals surface area contributed by atoms with E-state index in [4.69, 9.17) is 19.7 Å². The predicted molar refractivity (Wildman–Crippen MR) is 182 cm³/mol. The third kappa shape index (κ3) is 6.84. The van der Waals surface area contributed by atoms with Crippen LogP contribution < -0.4 is 15.5 Å². The van der Waals surface area contributed by atoms with E-state index in [0.717, 1.165) is 48.7 Å². The number of hydrogen-bond acceptors (Lipinski definition) is 10. The number of benzene rings is 2. The molecular weight excluding hydrogens is 614 g/mol. The van der Waals surface area contributed by atoms with Gasteiger partial charge in [-0.2, -0.15) is 15.0 Å². The highest BCUT2D eigenvalue weighted by atomic mass is 19.3. The summed E-state index contributed by atoms with van der Waals surface area (Å²) in [7, 11) is 2.15. The Balaban J connectivity index is 1.21. The van der Waals surface area contributed by atoms with Crippen LogP contribution in [0.1, 0.15) is 43.6 Å². The van der Waals surface area contributed by atoms with Crippen molar-refractivity contribution < 1.29 is 13.5 Å². The van der Waals surface area contributed by atoms with E-state index in [2.05, 4.69) is 75.6 Å². The molecule has 5 aromatic rings. The molecule has 7 rings (SSSR count). The molecule has 0 amide bonds. The molecule has 0 saturated carbocycles. The number of halogens is 2. The van der Waals surface area contributed by atoms with E-state index >= 15 is 0 Å². The van der Waals surface area contributed by atoms with E-state index in [1.54, 1.807) is 24.3 Å². The first-order valence-corrected chi connectivity index (χ1v) is 16.3. The quantitative estimate of drug-likeness (QED) is 0.224. The molecule has 11 nitrogen and oxygen atoms in total. The molecule has 0 bridgehead atoms. The first kappa shape index (κ1) is 32.0. The first-order valence-electron chi connectivity index (χ1n) is 16.3. The van der Waals surface area contributed by atoms with Gasteiger partial charge in [-0.15, -0.1) is 0 Å². The van der Waals surface area contributed by atoms with E-state index in [1.165, 1.54) is 4.57 Å². The molecule has 48 heavy (non-hydrogen) atoms. The summed E-state index contributed by atoms with van der Waals surface area (Å²) in [6.07, 6.45) is -0.786. The van der Waals surface area contributed by atoms with Crippen molar-refractivity contribution in [3.05, 3.63) is 84.1 Å². The zero-order valence-corrected chi connectivity index (χ0v) is 27.4. The molecule has 0 aliphatic carbocycles. The number of morpholine rings is 1. The highest BCUT2D eigenvalue weighted by Crippen LogP contribution is 2.31. The average Bonchev–Trinajstić information content (AvgIpc) is 3.49. The number of aromatic nitrogens is 6. The number of imidazole rings is 1. The second kappa shape index (κ2) is 13.5. The first-order chi connectivity index (χ1) is 23.2. The lowest BCUT2D eigenvalue weighted by Gasteiger charge is -2.33. The van der Waals surface area contributed by atoms with Crippen LogP contribution in [-0.2, 0) is 11.2 Å². The number of piperazine rings is 1. The van der Waals surface area contributed by atoms with Crippen LogP contribution in [0, 0.1) is 0 Å². The SMILES string of the molecule is CN1CCN(c2cc(-c3ccccc3CC(C)(C)Nc3nc(C4CNCCO4)nc(-n4c(C(F)F)nc5ccccc54)n3)ccn2)CC1. The number of fused-ring (bicyclic) bond motifs is 1. The second-order valence-corrected chi connectivity index (χ2v) is 13.0. The third-order valence-electron chi connectivity index (χ3n) is 8.82. The molecule has 1 atom stereocenters. The van der Waals surface area contributed by atoms with Crippen LogP contribution >= 0.6 is 0 Å². The van der Waals surface area contributed by atoms with Gasteiger partial charge in [0.2, 0.25) is 11.9 Å². The van der Waals surface area contributed by atoms with Crippen molar-refractivity contribution in [2.45, 2.75) is 38.3 Å². The zero-order chi connectivity index (χ0) is 33.3. The Kier molecular flexibility index (Phi) is 8.99. The predicted octanol–water partition coefficient (Wildman–Crippen LogP) is 5.06. The number of para-hydroxylation sites is 2. The fourth-order valence-corrected chi connectivity index (χ4v) is 6.39. The molecule has 2 aromatic carbocycles. The van der Waals surface area contributed by atoms with Gasteiger partial charge in [0, 0.05) is 51.0 Å². The van der Waals surface area contributed by atoms with Crippen LogP contribution in [0.15, 0.2) is 66.9 Å². The highest BCUT2D eigenvalue weighted by Gasteiger charge is 2.28. The van der Waals surface area contributed by atoms with Gasteiger partial charge in [-0.25, -0.2) is 18.7 Å². The molecule has 2 aliphatic rings. The summed E-state index contributed by atoms with van der Waals surface area (Å²) in [5.74, 6) is 1.24. The molecule has 2 N–H and O–H groups in total. The van der Waals surface area contributed by atoms with Gasteiger partial charge in [0.25, 0.3) is 6.43 Å². The standard InChI is InChI=1S/C35H40F2N10O/c1-35(2,21-24-8-4-5-9-25(24)23-12-13-39-29(20-23)46-17-15-45(3)16-18-46)44-33-41-31(28-22-38-14-19-48-28)42-34(43-33)47-27-11-7-6-10-26(27)40-32(47)30(36)37/h4-13,20,28,30,38H,14-19,21-22H2,1-3H3,(H,41,42,43,44). The minimum atomic E-state index is -2.83. The fraction of sp³-hybridized carbons (Fsp3) is 0.400. The number of hydrogen-bond donors (Lipinski definition) is 2. The maximum Gasteiger partial charge on any atom is 0.296 e. The van der Waals surface area contributed by atoms with Gasteiger partial charge < -0.3 is 25.2 Å². The Morgan fingerprint density at radius 2 is 1.77 bits per heavy atom. The highest BCUT2D eigenvalue weighted by molar-refractivity contribution is 5.77. The van der Waals surface area contributed by atoms with Crippen LogP contribution in [-0.4, -0.2) is 92.8 Å². The minimum Gasteiger partial charge on any atom is -0.368 e. The van der Waals surface area contributed by atoms with Crippen LogP contribution in [0.25, 0.3) is 28.1 Å². The Hall–Kier alpha value is -4.59. The van der Waals surface area contributed by atoms with Gasteiger partial charge in [0.05, 0.1) is 17.6 Å². The maximum absolute atomic E-state index is 14.3. The second-order valence-electron chi connectivity index (χ2n) is 13.0. The molecule has 0 spiro atoms. The molecule has 3 aromatic heterocycles. The largest absolute Gasteiger partial charge is 0.368 e. The summed E-state index contributed by atoms with van der Waals surface area (Å²) in [6.45, 7) is 9.73. The topological polar surface area (TPSA) is 109 Å². The number of alkyl halides is 2. The van der Waals surface area contributed by atoms with Gasteiger partial charge in [0.1, 0.15) is 11.9 Å². The molecule has 5 heterocycles. The molecule has 2 aliphatic heterocycles. The Morgan fingerprint density at radius 3 is 2.56 bits per heavy atom. The molecule has 13 heteroatoms. The van der Waals surface area contributed by atoms with Crippen LogP contribution in [0.3, 0.4) is 0 Å². The lowest BCUT2D eigenvalue weighted by molar-refractivity contribution is 0.0220. The van der Waals surface area contributed by atoms with Crippen molar-refractivity contribution in [1.82, 2.24) is 39.7 Å². The number of rotatable bonds is 9. The fourth-order valence-electron chi connectivity index (χ4n) is 6.39. The number of nitrogens with one attached hydrogen (secondary N) is 2. The van der Waals surface area contributed by atoms with Crippen molar-refractivity contribution in [3.8, 4) is 17.1 Å². The third-order valence-corrected chi connectivity index (χ3v) is 8.82. The molecule has 0 radical (unpaired) electrons. The molecule has 2 fully saturated rings. The van der Waals surface area contributed by atoms with Gasteiger partial charge in [-0.1, -0.05) is 36.4 Å². The summed E-state index contributed by atoms with van der Waals surface area (Å²) in [5, 5.41) is 6.81. The van der Waals surface area contributed by atoms with Crippen molar-refractivity contribution in [2.24, 2.45) is 0 Å². The monoisotopic (exact) mass is 654 g/mol. The number of likely N-dealkylation sites (N-methyl/N-ethyl adjacent to an activating group) is 1. The number of pyridine rings is 1. The lowest BCUT2D eigenvalue weighted by Crippen LogP contribution is -2.44. The number of anilines is 2. The summed E-state index contributed by atoms with van der Waals surface area (Å²) in [4.78, 5) is 27.7. The maximum atomic E-state index is 14.3. The Labute approximate surface area is 278 Å². The van der Waals surface area contributed by atoms with Crippen molar-refractivity contribution in [1.29, 1.82) is 0 Å². The van der Waals surface area contributed by atoms with Crippen molar-refractivity contribution in [2.75, 3.05) is 63.1 Å². The van der Waals surface area contributed by atoms with Crippen LogP contribution in [0.2, 0.25) is 0 Å². The summed E-state index contributed by atoms with van der Waals surface area (Å²) >= 11 is 0. The van der Waals surface area contributed by atoms with Gasteiger partial charge in [0.15, 0.2) is 11.6 Å². The van der Waals surface area contributed by atoms with Crippen molar-refractivity contribution >= 4 is 22.8 Å². The summed E-state index contributed by atoms with van der Waals surface area (Å²) in [6, 6.07) is 19.6. The average molecular weight is 655 g/mol. The molecule has 250 valence electrons. The normalized spacial score (nSPS) is 17.7. The van der Waals surface area contributed by atoms with Crippen LogP contribution in [0.4, 0.5) is 20.5 Å². The molecular formula is C35H40F2N10O. The van der Waals surface area contributed by atoms with Gasteiger partial charge in [-0.3, -0.25) is 4.57 Å². The molecule has 1 unspecified atom stereocenters. The molecule has 2 saturated heterocycles. The summed E-state index contributed by atoms with van der Waals surface area (Å²) in [5.41, 5.74) is 3.73. The van der Waals surface area contributed by atoms with E-state index in [1.807, 2.05) is 18.3 Å². The Bertz CT molecular complexity index is 1880. The minimum absolute atomic E-state index is 0.0603. The van der Waals surface area contributed by atoms with Crippen LogP contribution in [0.5, 0.6) is 0 Å².